The molecule has 7 heteroatoms. The molecular formula is C18H23N3O3S. The van der Waals surface area contributed by atoms with Gasteiger partial charge in [0.2, 0.25) is 0 Å². The minimum atomic E-state index is -0.106. The fourth-order valence-electron chi connectivity index (χ4n) is 2.66. The Morgan fingerprint density at radius 1 is 1.32 bits per heavy atom. The summed E-state index contributed by atoms with van der Waals surface area (Å²) >= 11 is 1.51. The van der Waals surface area contributed by atoms with Crippen molar-refractivity contribution in [2.24, 2.45) is 0 Å². The Hall–Kier alpha value is -1.96. The first-order valence-corrected chi connectivity index (χ1v) is 9.28. The first-order valence-electron chi connectivity index (χ1n) is 8.40. The molecule has 25 heavy (non-hydrogen) atoms. The third kappa shape index (κ3) is 5.26. The smallest absolute Gasteiger partial charge is 0.270 e. The predicted molar refractivity (Wildman–Crippen MR) is 97.5 cm³/mol. The monoisotopic (exact) mass is 361 g/mol. The molecule has 0 bridgehead atoms. The van der Waals surface area contributed by atoms with E-state index in [1.807, 2.05) is 29.6 Å². The number of thiazole rings is 1. The Morgan fingerprint density at radius 2 is 2.08 bits per heavy atom. The molecule has 1 fully saturated rings. The highest BCUT2D eigenvalue weighted by atomic mass is 32.1. The number of morpholine rings is 1. The van der Waals surface area contributed by atoms with Crippen LogP contribution in [0.5, 0.6) is 5.75 Å². The van der Waals surface area contributed by atoms with E-state index >= 15 is 0 Å². The molecule has 1 aromatic heterocycles. The van der Waals surface area contributed by atoms with Crippen molar-refractivity contribution in [2.45, 2.75) is 6.42 Å². The van der Waals surface area contributed by atoms with E-state index in [1.165, 1.54) is 11.3 Å². The number of carbonyl (C=O) groups is 1. The van der Waals surface area contributed by atoms with E-state index in [2.05, 4.69) is 15.2 Å². The molecule has 1 aromatic carbocycles. The zero-order valence-corrected chi connectivity index (χ0v) is 15.2. The minimum Gasteiger partial charge on any atom is -0.497 e. The van der Waals surface area contributed by atoms with Gasteiger partial charge in [0.05, 0.1) is 25.3 Å². The summed E-state index contributed by atoms with van der Waals surface area (Å²) in [5.41, 5.74) is 1.64. The largest absolute Gasteiger partial charge is 0.497 e. The van der Waals surface area contributed by atoms with Crippen molar-refractivity contribution >= 4 is 17.2 Å². The number of rotatable bonds is 7. The van der Waals surface area contributed by atoms with E-state index in [-0.39, 0.29) is 5.91 Å². The van der Waals surface area contributed by atoms with Gasteiger partial charge in [-0.2, -0.15) is 0 Å². The number of amides is 1. The molecule has 1 N–H and O–H groups in total. The van der Waals surface area contributed by atoms with Gasteiger partial charge < -0.3 is 14.8 Å². The van der Waals surface area contributed by atoms with E-state index in [0.29, 0.717) is 12.2 Å². The lowest BCUT2D eigenvalue weighted by Crippen LogP contribution is -2.41. The molecular weight excluding hydrogens is 338 g/mol. The van der Waals surface area contributed by atoms with Crippen molar-refractivity contribution in [3.05, 3.63) is 45.9 Å². The fourth-order valence-corrected chi connectivity index (χ4v) is 3.47. The van der Waals surface area contributed by atoms with Gasteiger partial charge in [-0.1, -0.05) is 12.1 Å². The Bertz CT molecular complexity index is 681. The Balaban J connectivity index is 1.47. The van der Waals surface area contributed by atoms with Gasteiger partial charge in [0.1, 0.15) is 11.4 Å². The van der Waals surface area contributed by atoms with Crippen LogP contribution in [0.2, 0.25) is 0 Å². The molecule has 1 aliphatic rings. The number of aromatic nitrogens is 1. The van der Waals surface area contributed by atoms with Crippen molar-refractivity contribution in [1.82, 2.24) is 15.2 Å². The number of ether oxygens (including phenoxy) is 2. The number of methoxy groups -OCH3 is 1. The molecule has 1 aliphatic heterocycles. The predicted octanol–water partition coefficient (Wildman–Crippen LogP) is 1.80. The number of benzene rings is 1. The van der Waals surface area contributed by atoms with E-state index in [1.54, 1.807) is 7.11 Å². The summed E-state index contributed by atoms with van der Waals surface area (Å²) in [6, 6.07) is 7.90. The van der Waals surface area contributed by atoms with Crippen molar-refractivity contribution in [3.8, 4) is 5.75 Å². The lowest BCUT2D eigenvalue weighted by molar-refractivity contribution is 0.0383. The molecule has 2 aromatic rings. The molecule has 2 heterocycles. The fraction of sp³-hybridized carbons (Fsp3) is 0.444. The normalized spacial score (nSPS) is 15.1. The molecule has 0 saturated carbocycles. The average Bonchev–Trinajstić information content (AvgIpc) is 3.12. The van der Waals surface area contributed by atoms with Gasteiger partial charge in [0.25, 0.3) is 5.91 Å². The number of carbonyl (C=O) groups excluding carboxylic acids is 1. The van der Waals surface area contributed by atoms with E-state index in [9.17, 15) is 4.79 Å². The van der Waals surface area contributed by atoms with Crippen LogP contribution in [0.1, 0.15) is 21.1 Å². The summed E-state index contributed by atoms with van der Waals surface area (Å²) in [5, 5.41) is 5.70. The first kappa shape index (κ1) is 17.8. The van der Waals surface area contributed by atoms with E-state index < -0.39 is 0 Å². The van der Waals surface area contributed by atoms with Gasteiger partial charge in [0, 0.05) is 38.0 Å². The molecule has 0 atom stereocenters. The second-order valence-electron chi connectivity index (χ2n) is 5.86. The number of hydrogen-bond acceptors (Lipinski definition) is 6. The summed E-state index contributed by atoms with van der Waals surface area (Å²) in [5.74, 6) is 0.730. The second kappa shape index (κ2) is 8.94. The van der Waals surface area contributed by atoms with Crippen molar-refractivity contribution < 1.29 is 14.3 Å². The molecule has 6 nitrogen and oxygen atoms in total. The highest BCUT2D eigenvalue weighted by molar-refractivity contribution is 7.09. The van der Waals surface area contributed by atoms with Crippen LogP contribution in [0.25, 0.3) is 0 Å². The van der Waals surface area contributed by atoms with Gasteiger partial charge in [-0.25, -0.2) is 4.98 Å². The summed E-state index contributed by atoms with van der Waals surface area (Å²) in [7, 11) is 1.65. The Morgan fingerprint density at radius 3 is 2.80 bits per heavy atom. The van der Waals surface area contributed by atoms with Crippen LogP contribution < -0.4 is 10.1 Å². The van der Waals surface area contributed by atoms with E-state index in [0.717, 1.165) is 55.6 Å². The Kier molecular flexibility index (Phi) is 6.38. The van der Waals surface area contributed by atoms with Gasteiger partial charge in [-0.3, -0.25) is 9.69 Å². The van der Waals surface area contributed by atoms with Gasteiger partial charge in [0.15, 0.2) is 0 Å². The quantitative estimate of drug-likeness (QED) is 0.815. The zero-order valence-electron chi connectivity index (χ0n) is 14.4. The van der Waals surface area contributed by atoms with Crippen LogP contribution in [0.4, 0.5) is 0 Å². The highest BCUT2D eigenvalue weighted by Gasteiger charge is 2.13. The first-order chi connectivity index (χ1) is 12.2. The van der Waals surface area contributed by atoms with Gasteiger partial charge in [-0.05, 0) is 17.7 Å². The molecule has 1 amide bonds. The molecule has 0 spiro atoms. The maximum absolute atomic E-state index is 12.2. The summed E-state index contributed by atoms with van der Waals surface area (Å²) in [6.07, 6.45) is 0.718. The highest BCUT2D eigenvalue weighted by Crippen LogP contribution is 2.17. The number of hydrogen-bond donors (Lipinski definition) is 1. The maximum atomic E-state index is 12.2. The van der Waals surface area contributed by atoms with Crippen LogP contribution in [-0.2, 0) is 11.2 Å². The summed E-state index contributed by atoms with van der Waals surface area (Å²) < 4.78 is 10.5. The van der Waals surface area contributed by atoms with Crippen LogP contribution >= 0.6 is 11.3 Å². The number of nitrogens with zero attached hydrogens (tertiary/aromatic N) is 2. The van der Waals surface area contributed by atoms with Crippen LogP contribution in [0.3, 0.4) is 0 Å². The van der Waals surface area contributed by atoms with E-state index in [4.69, 9.17) is 9.47 Å². The van der Waals surface area contributed by atoms with Crippen molar-refractivity contribution in [1.29, 1.82) is 0 Å². The second-order valence-corrected chi connectivity index (χ2v) is 6.80. The maximum Gasteiger partial charge on any atom is 0.270 e. The number of nitrogens with one attached hydrogen (secondary N) is 1. The molecule has 1 saturated heterocycles. The average molecular weight is 361 g/mol. The lowest BCUT2D eigenvalue weighted by Gasteiger charge is -2.26. The molecule has 134 valence electrons. The van der Waals surface area contributed by atoms with Crippen LogP contribution in [0.15, 0.2) is 29.6 Å². The molecule has 0 aliphatic carbocycles. The third-order valence-electron chi connectivity index (χ3n) is 4.12. The molecule has 0 radical (unpaired) electrons. The molecule has 0 unspecified atom stereocenters. The molecule has 3 rings (SSSR count). The standard InChI is InChI=1S/C18H23N3O3S/c1-23-15-4-2-14(3-5-15)12-17-20-16(13-25-17)18(22)19-6-7-21-8-10-24-11-9-21/h2-5,13H,6-12H2,1H3,(H,19,22). The minimum absolute atomic E-state index is 0.106. The van der Waals surface area contributed by atoms with Crippen molar-refractivity contribution in [2.75, 3.05) is 46.5 Å². The summed E-state index contributed by atoms with van der Waals surface area (Å²) in [6.45, 7) is 4.88. The topological polar surface area (TPSA) is 63.7 Å². The van der Waals surface area contributed by atoms with Crippen LogP contribution in [-0.4, -0.2) is 62.3 Å². The van der Waals surface area contributed by atoms with Gasteiger partial charge >= 0.3 is 0 Å². The zero-order chi connectivity index (χ0) is 17.5. The van der Waals surface area contributed by atoms with Crippen LogP contribution in [0, 0.1) is 0 Å². The van der Waals surface area contributed by atoms with Crippen molar-refractivity contribution in [3.63, 3.8) is 0 Å². The SMILES string of the molecule is COc1ccc(Cc2nc(C(=O)NCCN3CCOCC3)cs2)cc1. The summed E-state index contributed by atoms with van der Waals surface area (Å²) in [4.78, 5) is 19.0. The lowest BCUT2D eigenvalue weighted by atomic mass is 10.1. The Labute approximate surface area is 151 Å². The third-order valence-corrected chi connectivity index (χ3v) is 4.96. The van der Waals surface area contributed by atoms with Gasteiger partial charge in [-0.15, -0.1) is 11.3 Å².